The van der Waals surface area contributed by atoms with Crippen LogP contribution in [0, 0.1) is 11.8 Å². The first kappa shape index (κ1) is 15.2. The first-order chi connectivity index (χ1) is 9.01. The van der Waals surface area contributed by atoms with Crippen molar-refractivity contribution in [3.05, 3.63) is 29.8 Å². The van der Waals surface area contributed by atoms with Crippen LogP contribution in [0.3, 0.4) is 0 Å². The molecule has 0 saturated carbocycles. The van der Waals surface area contributed by atoms with E-state index in [9.17, 15) is 9.59 Å². The Balaban J connectivity index is 2.90. The average Bonchev–Trinajstić information content (AvgIpc) is 2.38. The van der Waals surface area contributed by atoms with Gasteiger partial charge in [0.15, 0.2) is 5.78 Å². The first-order valence-electron chi connectivity index (χ1n) is 6.23. The average molecular weight is 264 g/mol. The Bertz CT molecular complexity index is 451. The largest absolute Gasteiger partial charge is 0.496 e. The van der Waals surface area contributed by atoms with Gasteiger partial charge < -0.3 is 9.47 Å². The highest BCUT2D eigenvalue weighted by molar-refractivity contribution is 6.00. The molecule has 0 saturated heterocycles. The fraction of sp³-hybridized carbons (Fsp3) is 0.467. The smallest absolute Gasteiger partial charge is 0.316 e. The molecule has 19 heavy (non-hydrogen) atoms. The van der Waals surface area contributed by atoms with E-state index in [-0.39, 0.29) is 18.1 Å². The fourth-order valence-corrected chi connectivity index (χ4v) is 2.05. The van der Waals surface area contributed by atoms with Crippen molar-refractivity contribution in [2.75, 3.05) is 14.2 Å². The maximum absolute atomic E-state index is 12.3. The van der Waals surface area contributed by atoms with Crippen molar-refractivity contribution in [3.8, 4) is 5.75 Å². The van der Waals surface area contributed by atoms with Crippen molar-refractivity contribution in [1.82, 2.24) is 0 Å². The van der Waals surface area contributed by atoms with Crippen molar-refractivity contribution in [1.29, 1.82) is 0 Å². The number of para-hydroxylation sites is 1. The number of carbonyl (C=O) groups is 2. The number of ether oxygens (including phenoxy) is 2. The fourth-order valence-electron chi connectivity index (χ4n) is 2.05. The Kier molecular flexibility index (Phi) is 5.55. The summed E-state index contributed by atoms with van der Waals surface area (Å²) in [5.74, 6) is -0.783. The van der Waals surface area contributed by atoms with Gasteiger partial charge in [-0.05, 0) is 12.0 Å². The molecule has 0 aromatic heterocycles. The first-order valence-corrected chi connectivity index (χ1v) is 6.23. The van der Waals surface area contributed by atoms with Crippen LogP contribution in [0.4, 0.5) is 0 Å². The molecule has 104 valence electrons. The van der Waals surface area contributed by atoms with Gasteiger partial charge in [-0.3, -0.25) is 9.59 Å². The van der Waals surface area contributed by atoms with Gasteiger partial charge in [0.05, 0.1) is 14.2 Å². The Morgan fingerprint density at radius 1 is 1.16 bits per heavy atom. The van der Waals surface area contributed by atoms with Gasteiger partial charge in [0.25, 0.3) is 0 Å². The zero-order chi connectivity index (χ0) is 14.4. The van der Waals surface area contributed by atoms with Crippen LogP contribution in [-0.4, -0.2) is 26.0 Å². The van der Waals surface area contributed by atoms with Crippen LogP contribution in [-0.2, 0) is 20.7 Å². The number of rotatable bonds is 6. The minimum atomic E-state index is -0.727. The molecule has 4 heteroatoms. The molecule has 0 fully saturated rings. The van der Waals surface area contributed by atoms with E-state index < -0.39 is 11.9 Å². The van der Waals surface area contributed by atoms with Crippen molar-refractivity contribution in [2.45, 2.75) is 20.3 Å². The highest BCUT2D eigenvalue weighted by atomic mass is 16.5. The summed E-state index contributed by atoms with van der Waals surface area (Å²) in [6, 6.07) is 7.30. The molecule has 0 aliphatic heterocycles. The van der Waals surface area contributed by atoms with E-state index in [0.717, 1.165) is 5.56 Å². The molecule has 0 aliphatic rings. The molecule has 1 unspecified atom stereocenters. The SMILES string of the molecule is COC(=O)C(C(=O)Cc1ccccc1OC)C(C)C. The van der Waals surface area contributed by atoms with Crippen molar-refractivity contribution < 1.29 is 19.1 Å². The van der Waals surface area contributed by atoms with Crippen molar-refractivity contribution in [2.24, 2.45) is 11.8 Å². The van der Waals surface area contributed by atoms with E-state index in [1.54, 1.807) is 13.2 Å². The van der Waals surface area contributed by atoms with E-state index in [0.29, 0.717) is 5.75 Å². The van der Waals surface area contributed by atoms with E-state index in [1.807, 2.05) is 32.0 Å². The highest BCUT2D eigenvalue weighted by Gasteiger charge is 2.30. The molecule has 1 aromatic rings. The summed E-state index contributed by atoms with van der Waals surface area (Å²) in [4.78, 5) is 23.9. The Morgan fingerprint density at radius 3 is 2.32 bits per heavy atom. The number of methoxy groups -OCH3 is 2. The number of ketones is 1. The Labute approximate surface area is 113 Å². The third kappa shape index (κ3) is 3.81. The summed E-state index contributed by atoms with van der Waals surface area (Å²) in [6.45, 7) is 3.67. The van der Waals surface area contributed by atoms with Gasteiger partial charge in [0, 0.05) is 12.0 Å². The second-order valence-corrected chi connectivity index (χ2v) is 4.70. The number of hydrogen-bond acceptors (Lipinski definition) is 4. The summed E-state index contributed by atoms with van der Waals surface area (Å²) >= 11 is 0. The molecule has 1 aromatic carbocycles. The second-order valence-electron chi connectivity index (χ2n) is 4.70. The van der Waals surface area contributed by atoms with E-state index in [2.05, 4.69) is 0 Å². The second kappa shape index (κ2) is 6.92. The lowest BCUT2D eigenvalue weighted by molar-refractivity contribution is -0.151. The number of Topliss-reactive ketones (excluding diaryl/α,β-unsaturated/α-hetero) is 1. The molecule has 1 atom stereocenters. The van der Waals surface area contributed by atoms with Crippen LogP contribution in [0.25, 0.3) is 0 Å². The van der Waals surface area contributed by atoms with Crippen LogP contribution in [0.5, 0.6) is 5.75 Å². The quantitative estimate of drug-likeness (QED) is 0.584. The van der Waals surface area contributed by atoms with Gasteiger partial charge in [-0.2, -0.15) is 0 Å². The van der Waals surface area contributed by atoms with Crippen molar-refractivity contribution in [3.63, 3.8) is 0 Å². The minimum Gasteiger partial charge on any atom is -0.496 e. The maximum Gasteiger partial charge on any atom is 0.316 e. The number of carbonyl (C=O) groups excluding carboxylic acids is 2. The third-order valence-electron chi connectivity index (χ3n) is 3.03. The van der Waals surface area contributed by atoms with Crippen molar-refractivity contribution >= 4 is 11.8 Å². The maximum atomic E-state index is 12.3. The summed E-state index contributed by atoms with van der Waals surface area (Å²) in [7, 11) is 2.86. The predicted molar refractivity (Wildman–Crippen MR) is 72.0 cm³/mol. The molecular formula is C15H20O4. The molecule has 0 spiro atoms. The topological polar surface area (TPSA) is 52.6 Å². The van der Waals surface area contributed by atoms with Gasteiger partial charge in [-0.25, -0.2) is 0 Å². The monoisotopic (exact) mass is 264 g/mol. The van der Waals surface area contributed by atoms with Crippen LogP contribution >= 0.6 is 0 Å². The third-order valence-corrected chi connectivity index (χ3v) is 3.03. The van der Waals surface area contributed by atoms with Crippen LogP contribution < -0.4 is 4.74 Å². The van der Waals surface area contributed by atoms with Gasteiger partial charge in [-0.15, -0.1) is 0 Å². The predicted octanol–water partition coefficient (Wildman–Crippen LogP) is 2.25. The Morgan fingerprint density at radius 2 is 1.79 bits per heavy atom. The zero-order valence-electron chi connectivity index (χ0n) is 11.8. The lowest BCUT2D eigenvalue weighted by Crippen LogP contribution is -2.31. The summed E-state index contributed by atoms with van der Waals surface area (Å²) in [5.41, 5.74) is 0.782. The lowest BCUT2D eigenvalue weighted by Gasteiger charge is -2.17. The van der Waals surface area contributed by atoms with Gasteiger partial charge in [0.1, 0.15) is 11.7 Å². The highest BCUT2D eigenvalue weighted by Crippen LogP contribution is 2.22. The van der Waals surface area contributed by atoms with Crippen LogP contribution in [0.1, 0.15) is 19.4 Å². The molecule has 0 N–H and O–H groups in total. The molecule has 0 bridgehead atoms. The molecule has 0 heterocycles. The molecule has 1 rings (SSSR count). The summed E-state index contributed by atoms with van der Waals surface area (Å²) in [5, 5.41) is 0. The lowest BCUT2D eigenvalue weighted by atomic mass is 9.88. The van der Waals surface area contributed by atoms with Crippen LogP contribution in [0.2, 0.25) is 0 Å². The summed E-state index contributed by atoms with van der Waals surface area (Å²) < 4.78 is 9.90. The zero-order valence-corrected chi connectivity index (χ0v) is 11.8. The number of esters is 1. The number of hydrogen-bond donors (Lipinski definition) is 0. The van der Waals surface area contributed by atoms with E-state index in [4.69, 9.17) is 9.47 Å². The molecule has 0 radical (unpaired) electrons. The van der Waals surface area contributed by atoms with Crippen LogP contribution in [0.15, 0.2) is 24.3 Å². The molecule has 4 nitrogen and oxygen atoms in total. The van der Waals surface area contributed by atoms with Gasteiger partial charge in [0.2, 0.25) is 0 Å². The molecule has 0 amide bonds. The van der Waals surface area contributed by atoms with Gasteiger partial charge in [-0.1, -0.05) is 32.0 Å². The molecule has 0 aliphatic carbocycles. The normalized spacial score (nSPS) is 12.1. The number of benzene rings is 1. The molecular weight excluding hydrogens is 244 g/mol. The minimum absolute atomic E-state index is 0.0883. The standard InChI is InChI=1S/C15H20O4/c1-10(2)14(15(17)19-4)12(16)9-11-7-5-6-8-13(11)18-3/h5-8,10,14H,9H2,1-4H3. The summed E-state index contributed by atoms with van der Waals surface area (Å²) in [6.07, 6.45) is 0.169. The Hall–Kier alpha value is -1.84. The van der Waals surface area contributed by atoms with Gasteiger partial charge >= 0.3 is 5.97 Å². The van der Waals surface area contributed by atoms with E-state index in [1.165, 1.54) is 7.11 Å². The van der Waals surface area contributed by atoms with E-state index >= 15 is 0 Å².